The normalized spacial score (nSPS) is 12.1. The molecule has 25 heavy (non-hydrogen) atoms. The Kier molecular flexibility index (Phi) is 4.22. The predicted molar refractivity (Wildman–Crippen MR) is 88.5 cm³/mol. The summed E-state index contributed by atoms with van der Waals surface area (Å²) in [6.07, 6.45) is 0. The van der Waals surface area contributed by atoms with Crippen LogP contribution in [0.2, 0.25) is 0 Å². The summed E-state index contributed by atoms with van der Waals surface area (Å²) < 4.78 is 19.6. The quantitative estimate of drug-likeness (QED) is 0.721. The van der Waals surface area contributed by atoms with E-state index in [1.165, 1.54) is 43.0 Å². The fourth-order valence-corrected chi connectivity index (χ4v) is 2.55. The van der Waals surface area contributed by atoms with E-state index in [1.807, 2.05) is 0 Å². The number of hydrogen-bond donors (Lipinski definition) is 1. The Hall–Kier alpha value is -3.22. The molecule has 0 saturated heterocycles. The largest absolute Gasteiger partial charge is 0.497 e. The van der Waals surface area contributed by atoms with E-state index in [1.54, 1.807) is 18.2 Å². The third kappa shape index (κ3) is 2.96. The van der Waals surface area contributed by atoms with Crippen molar-refractivity contribution in [2.75, 3.05) is 7.11 Å². The van der Waals surface area contributed by atoms with Crippen molar-refractivity contribution in [3.8, 4) is 5.75 Å². The van der Waals surface area contributed by atoms with E-state index in [0.717, 1.165) is 0 Å². The van der Waals surface area contributed by atoms with Crippen LogP contribution in [0.5, 0.6) is 5.75 Å². The molecule has 0 radical (unpaired) electrons. The first-order chi connectivity index (χ1) is 11.9. The first-order valence-corrected chi connectivity index (χ1v) is 7.51. The molecule has 7 heteroatoms. The Balaban J connectivity index is 2.20. The SMILES string of the molecule is COc1ccc2c(c1)c(C(=O)c1ccc(F)cc1)nn2C(C)C(=O)O. The van der Waals surface area contributed by atoms with Crippen molar-refractivity contribution in [3.63, 3.8) is 0 Å². The second-order valence-electron chi connectivity index (χ2n) is 5.53. The van der Waals surface area contributed by atoms with Crippen molar-refractivity contribution in [1.82, 2.24) is 9.78 Å². The molecule has 0 saturated carbocycles. The second-order valence-corrected chi connectivity index (χ2v) is 5.53. The summed E-state index contributed by atoms with van der Waals surface area (Å²) in [6.45, 7) is 1.48. The Morgan fingerprint density at radius 3 is 2.48 bits per heavy atom. The molecular formula is C18H15FN2O4. The van der Waals surface area contributed by atoms with Gasteiger partial charge >= 0.3 is 5.97 Å². The summed E-state index contributed by atoms with van der Waals surface area (Å²) >= 11 is 0. The van der Waals surface area contributed by atoms with E-state index >= 15 is 0 Å². The molecule has 1 unspecified atom stereocenters. The molecule has 1 aromatic heterocycles. The Bertz CT molecular complexity index is 963. The number of halogens is 1. The number of aromatic nitrogens is 2. The Labute approximate surface area is 142 Å². The molecular weight excluding hydrogens is 327 g/mol. The number of carboxylic acids is 1. The number of carboxylic acid groups (broad SMARTS) is 1. The van der Waals surface area contributed by atoms with Gasteiger partial charge in [-0.15, -0.1) is 0 Å². The lowest BCUT2D eigenvalue weighted by atomic mass is 10.1. The van der Waals surface area contributed by atoms with E-state index in [4.69, 9.17) is 4.74 Å². The maximum Gasteiger partial charge on any atom is 0.328 e. The number of ether oxygens (including phenoxy) is 1. The number of benzene rings is 2. The molecule has 6 nitrogen and oxygen atoms in total. The standard InChI is InChI=1S/C18H15FN2O4/c1-10(18(23)24)21-15-8-7-13(25-2)9-14(15)16(20-21)17(22)11-3-5-12(19)6-4-11/h3-10H,1-2H3,(H,23,24). The van der Waals surface area contributed by atoms with Gasteiger partial charge in [-0.05, 0) is 49.4 Å². The van der Waals surface area contributed by atoms with Gasteiger partial charge in [-0.2, -0.15) is 5.10 Å². The van der Waals surface area contributed by atoms with Crippen molar-refractivity contribution < 1.29 is 23.8 Å². The van der Waals surface area contributed by atoms with Crippen LogP contribution in [-0.4, -0.2) is 33.7 Å². The smallest absolute Gasteiger partial charge is 0.328 e. The van der Waals surface area contributed by atoms with Gasteiger partial charge in [-0.25, -0.2) is 9.18 Å². The van der Waals surface area contributed by atoms with E-state index in [0.29, 0.717) is 16.7 Å². The van der Waals surface area contributed by atoms with Gasteiger partial charge in [0, 0.05) is 10.9 Å². The number of methoxy groups -OCH3 is 1. The monoisotopic (exact) mass is 342 g/mol. The molecule has 0 aliphatic carbocycles. The van der Waals surface area contributed by atoms with Gasteiger partial charge in [-0.1, -0.05) is 0 Å². The third-order valence-corrected chi connectivity index (χ3v) is 3.96. The lowest BCUT2D eigenvalue weighted by Gasteiger charge is -2.08. The molecule has 0 amide bonds. The summed E-state index contributed by atoms with van der Waals surface area (Å²) in [5, 5.41) is 14.0. The Morgan fingerprint density at radius 2 is 1.88 bits per heavy atom. The highest BCUT2D eigenvalue weighted by atomic mass is 19.1. The minimum Gasteiger partial charge on any atom is -0.497 e. The van der Waals surface area contributed by atoms with Crippen molar-refractivity contribution in [3.05, 3.63) is 59.5 Å². The fraction of sp³-hybridized carbons (Fsp3) is 0.167. The van der Waals surface area contributed by atoms with Crippen LogP contribution < -0.4 is 4.74 Å². The first kappa shape index (κ1) is 16.6. The number of ketones is 1. The van der Waals surface area contributed by atoms with E-state index in [-0.39, 0.29) is 11.3 Å². The molecule has 3 aromatic rings. The summed E-state index contributed by atoms with van der Waals surface area (Å²) in [4.78, 5) is 24.1. The molecule has 128 valence electrons. The molecule has 3 rings (SSSR count). The highest BCUT2D eigenvalue weighted by molar-refractivity contribution is 6.15. The minimum absolute atomic E-state index is 0.0913. The van der Waals surface area contributed by atoms with E-state index in [9.17, 15) is 19.1 Å². The van der Waals surface area contributed by atoms with Crippen LogP contribution in [0.4, 0.5) is 4.39 Å². The van der Waals surface area contributed by atoms with Crippen molar-refractivity contribution >= 4 is 22.7 Å². The molecule has 1 atom stereocenters. The predicted octanol–water partition coefficient (Wildman–Crippen LogP) is 3.06. The van der Waals surface area contributed by atoms with Gasteiger partial charge in [0.15, 0.2) is 0 Å². The minimum atomic E-state index is -1.07. The van der Waals surface area contributed by atoms with Gasteiger partial charge in [0.2, 0.25) is 5.78 Å². The highest BCUT2D eigenvalue weighted by Gasteiger charge is 2.24. The molecule has 1 heterocycles. The number of rotatable bonds is 5. The molecule has 1 N–H and O–H groups in total. The number of carbonyl (C=O) groups excluding carboxylic acids is 1. The van der Waals surface area contributed by atoms with Crippen molar-refractivity contribution in [2.45, 2.75) is 13.0 Å². The van der Waals surface area contributed by atoms with Crippen LogP contribution in [-0.2, 0) is 4.79 Å². The molecule has 0 spiro atoms. The van der Waals surface area contributed by atoms with Crippen molar-refractivity contribution in [1.29, 1.82) is 0 Å². The van der Waals surface area contributed by atoms with Crippen LogP contribution in [0.1, 0.15) is 29.0 Å². The third-order valence-electron chi connectivity index (χ3n) is 3.96. The molecule has 2 aromatic carbocycles. The first-order valence-electron chi connectivity index (χ1n) is 7.51. The van der Waals surface area contributed by atoms with Gasteiger partial charge in [0.1, 0.15) is 23.3 Å². The molecule has 0 aliphatic heterocycles. The fourth-order valence-electron chi connectivity index (χ4n) is 2.55. The van der Waals surface area contributed by atoms with Crippen molar-refractivity contribution in [2.24, 2.45) is 0 Å². The van der Waals surface area contributed by atoms with Crippen LogP contribution in [0.3, 0.4) is 0 Å². The number of carbonyl (C=O) groups is 2. The zero-order valence-corrected chi connectivity index (χ0v) is 13.6. The van der Waals surface area contributed by atoms with Gasteiger partial charge < -0.3 is 9.84 Å². The average Bonchev–Trinajstić information content (AvgIpc) is 2.99. The molecule has 0 aliphatic rings. The number of aliphatic carboxylic acids is 1. The maximum atomic E-state index is 13.1. The zero-order chi connectivity index (χ0) is 18.1. The summed E-state index contributed by atoms with van der Waals surface area (Å²) in [5.41, 5.74) is 0.855. The molecule has 0 bridgehead atoms. The highest BCUT2D eigenvalue weighted by Crippen LogP contribution is 2.28. The summed E-state index contributed by atoms with van der Waals surface area (Å²) in [5.74, 6) is -1.42. The Morgan fingerprint density at radius 1 is 1.20 bits per heavy atom. The number of nitrogens with zero attached hydrogens (tertiary/aromatic N) is 2. The zero-order valence-electron chi connectivity index (χ0n) is 13.6. The van der Waals surface area contributed by atoms with E-state index in [2.05, 4.69) is 5.10 Å². The van der Waals surface area contributed by atoms with E-state index < -0.39 is 23.6 Å². The summed E-state index contributed by atoms with van der Waals surface area (Å²) in [6, 6.07) is 9.10. The second kappa shape index (κ2) is 6.35. The van der Waals surface area contributed by atoms with Crippen LogP contribution in [0.25, 0.3) is 10.9 Å². The van der Waals surface area contributed by atoms with Crippen LogP contribution >= 0.6 is 0 Å². The number of hydrogen-bond acceptors (Lipinski definition) is 4. The van der Waals surface area contributed by atoms with Crippen LogP contribution in [0.15, 0.2) is 42.5 Å². The van der Waals surface area contributed by atoms with Gasteiger partial charge in [0.25, 0.3) is 0 Å². The average molecular weight is 342 g/mol. The lowest BCUT2D eigenvalue weighted by molar-refractivity contribution is -0.140. The van der Waals surface area contributed by atoms with Gasteiger partial charge in [-0.3, -0.25) is 9.48 Å². The summed E-state index contributed by atoms with van der Waals surface area (Å²) in [7, 11) is 1.49. The topological polar surface area (TPSA) is 81.4 Å². The number of fused-ring (bicyclic) bond motifs is 1. The van der Waals surface area contributed by atoms with Gasteiger partial charge in [0.05, 0.1) is 12.6 Å². The maximum absolute atomic E-state index is 13.1. The molecule has 0 fully saturated rings. The lowest BCUT2D eigenvalue weighted by Crippen LogP contribution is -2.17. The van der Waals surface area contributed by atoms with Crippen LogP contribution in [0, 0.1) is 5.82 Å².